The van der Waals surface area contributed by atoms with Crippen molar-refractivity contribution in [3.8, 4) is 0 Å². The maximum atomic E-state index is 12.0. The molecule has 21 heavy (non-hydrogen) atoms. The molecule has 0 radical (unpaired) electrons. The molecule has 4 nitrogen and oxygen atoms in total. The number of ether oxygens (including phenoxy) is 1. The third-order valence-corrected chi connectivity index (χ3v) is 7.07. The predicted octanol–water partition coefficient (Wildman–Crippen LogP) is 2.53. The van der Waals surface area contributed by atoms with E-state index in [0.717, 1.165) is 38.8 Å². The SMILES string of the molecule is CCNC(C1CCOC2(CCCCC2)C1)C(C)S(C)(=O)=O. The first kappa shape index (κ1) is 17.2. The monoisotopic (exact) mass is 317 g/mol. The van der Waals surface area contributed by atoms with Gasteiger partial charge in [0.15, 0.2) is 9.84 Å². The highest BCUT2D eigenvalue weighted by atomic mass is 32.2. The van der Waals surface area contributed by atoms with Crippen LogP contribution in [0.2, 0.25) is 0 Å². The largest absolute Gasteiger partial charge is 0.375 e. The number of nitrogens with one attached hydrogen (secondary N) is 1. The molecule has 2 fully saturated rings. The molecule has 1 aliphatic carbocycles. The molecule has 3 unspecified atom stereocenters. The molecular weight excluding hydrogens is 286 g/mol. The van der Waals surface area contributed by atoms with Crippen LogP contribution in [0.1, 0.15) is 58.8 Å². The summed E-state index contributed by atoms with van der Waals surface area (Å²) in [7, 11) is -3.02. The van der Waals surface area contributed by atoms with Gasteiger partial charge in [0.25, 0.3) is 0 Å². The van der Waals surface area contributed by atoms with Gasteiger partial charge in [-0.15, -0.1) is 0 Å². The normalized spacial score (nSPS) is 29.2. The van der Waals surface area contributed by atoms with Crippen molar-refractivity contribution in [2.24, 2.45) is 5.92 Å². The quantitative estimate of drug-likeness (QED) is 0.846. The van der Waals surface area contributed by atoms with Gasteiger partial charge in [-0.1, -0.05) is 26.2 Å². The molecule has 0 aromatic carbocycles. The third kappa shape index (κ3) is 4.20. The smallest absolute Gasteiger partial charge is 0.151 e. The van der Waals surface area contributed by atoms with E-state index in [4.69, 9.17) is 4.74 Å². The number of rotatable bonds is 5. The standard InChI is InChI=1S/C16H31NO3S/c1-4-17-15(13(2)21(3,18)19)14-8-11-20-16(12-14)9-6-5-7-10-16/h13-15,17H,4-12H2,1-3H3. The highest BCUT2D eigenvalue weighted by molar-refractivity contribution is 7.91. The van der Waals surface area contributed by atoms with E-state index >= 15 is 0 Å². The van der Waals surface area contributed by atoms with Crippen molar-refractivity contribution < 1.29 is 13.2 Å². The van der Waals surface area contributed by atoms with Gasteiger partial charge < -0.3 is 10.1 Å². The summed E-state index contributed by atoms with van der Waals surface area (Å²) in [5, 5.41) is 3.11. The maximum Gasteiger partial charge on any atom is 0.151 e. The second-order valence-electron chi connectivity index (χ2n) is 6.96. The summed E-state index contributed by atoms with van der Waals surface area (Å²) in [4.78, 5) is 0. The van der Waals surface area contributed by atoms with E-state index in [1.807, 2.05) is 6.92 Å². The Labute approximate surface area is 129 Å². The molecule has 1 spiro atoms. The average molecular weight is 317 g/mol. The van der Waals surface area contributed by atoms with Crippen LogP contribution in [0.4, 0.5) is 0 Å². The molecule has 2 aliphatic rings. The molecule has 1 heterocycles. The van der Waals surface area contributed by atoms with Crippen molar-refractivity contribution in [2.75, 3.05) is 19.4 Å². The molecular formula is C16H31NO3S. The van der Waals surface area contributed by atoms with Crippen LogP contribution >= 0.6 is 0 Å². The van der Waals surface area contributed by atoms with Crippen molar-refractivity contribution in [2.45, 2.75) is 75.7 Å². The number of hydrogen-bond donors (Lipinski definition) is 1. The van der Waals surface area contributed by atoms with E-state index in [0.29, 0.717) is 5.92 Å². The van der Waals surface area contributed by atoms with E-state index in [1.165, 1.54) is 25.5 Å². The van der Waals surface area contributed by atoms with Gasteiger partial charge in [0, 0.05) is 18.9 Å². The van der Waals surface area contributed by atoms with Crippen LogP contribution in [0.5, 0.6) is 0 Å². The summed E-state index contributed by atoms with van der Waals surface area (Å²) in [6.45, 7) is 5.50. The van der Waals surface area contributed by atoms with Gasteiger partial charge in [-0.3, -0.25) is 0 Å². The molecule has 2 rings (SSSR count). The Morgan fingerprint density at radius 3 is 2.52 bits per heavy atom. The summed E-state index contributed by atoms with van der Waals surface area (Å²) in [6, 6.07) is 0.0488. The van der Waals surface area contributed by atoms with Crippen LogP contribution in [0.3, 0.4) is 0 Å². The topological polar surface area (TPSA) is 55.4 Å². The molecule has 1 saturated heterocycles. The van der Waals surface area contributed by atoms with Crippen molar-refractivity contribution in [3.05, 3.63) is 0 Å². The lowest BCUT2D eigenvalue weighted by atomic mass is 9.73. The van der Waals surface area contributed by atoms with Crippen LogP contribution in [0.25, 0.3) is 0 Å². The number of sulfone groups is 1. The Kier molecular flexibility index (Phi) is 5.71. The molecule has 0 bridgehead atoms. The van der Waals surface area contributed by atoms with Crippen LogP contribution in [0.15, 0.2) is 0 Å². The van der Waals surface area contributed by atoms with Crippen LogP contribution in [0, 0.1) is 5.92 Å². The fourth-order valence-corrected chi connectivity index (χ4v) is 4.99. The van der Waals surface area contributed by atoms with Crippen LogP contribution < -0.4 is 5.32 Å². The van der Waals surface area contributed by atoms with Gasteiger partial charge in [0.2, 0.25) is 0 Å². The van der Waals surface area contributed by atoms with Crippen molar-refractivity contribution in [1.82, 2.24) is 5.32 Å². The lowest BCUT2D eigenvalue weighted by molar-refractivity contribution is -0.121. The molecule has 0 aromatic rings. The summed E-state index contributed by atoms with van der Waals surface area (Å²) >= 11 is 0. The molecule has 5 heteroatoms. The lowest BCUT2D eigenvalue weighted by Gasteiger charge is -2.46. The van der Waals surface area contributed by atoms with E-state index in [1.54, 1.807) is 0 Å². The van der Waals surface area contributed by atoms with E-state index in [9.17, 15) is 8.42 Å². The van der Waals surface area contributed by atoms with Crippen LogP contribution in [-0.4, -0.2) is 44.7 Å². The molecule has 3 atom stereocenters. The van der Waals surface area contributed by atoms with Gasteiger partial charge in [-0.25, -0.2) is 8.42 Å². The molecule has 1 aliphatic heterocycles. The first-order chi connectivity index (χ1) is 9.88. The molecule has 0 aromatic heterocycles. The Bertz CT molecular complexity index is 423. The Morgan fingerprint density at radius 1 is 1.29 bits per heavy atom. The van der Waals surface area contributed by atoms with E-state index < -0.39 is 9.84 Å². The second kappa shape index (κ2) is 6.97. The van der Waals surface area contributed by atoms with Crippen molar-refractivity contribution in [3.63, 3.8) is 0 Å². The predicted molar refractivity (Wildman–Crippen MR) is 86.3 cm³/mol. The average Bonchev–Trinajstić information content (AvgIpc) is 2.44. The first-order valence-electron chi connectivity index (χ1n) is 8.44. The highest BCUT2D eigenvalue weighted by Gasteiger charge is 2.43. The zero-order valence-corrected chi connectivity index (χ0v) is 14.5. The summed E-state index contributed by atoms with van der Waals surface area (Å²) in [5.74, 6) is 0.404. The third-order valence-electron chi connectivity index (χ3n) is 5.42. The lowest BCUT2D eigenvalue weighted by Crippen LogP contribution is -2.53. The first-order valence-corrected chi connectivity index (χ1v) is 10.4. The zero-order chi connectivity index (χ0) is 15.5. The minimum Gasteiger partial charge on any atom is -0.375 e. The highest BCUT2D eigenvalue weighted by Crippen LogP contribution is 2.42. The Balaban J connectivity index is 2.12. The molecule has 1 saturated carbocycles. The van der Waals surface area contributed by atoms with Crippen molar-refractivity contribution in [1.29, 1.82) is 0 Å². The van der Waals surface area contributed by atoms with E-state index in [-0.39, 0.29) is 16.9 Å². The Morgan fingerprint density at radius 2 is 1.95 bits per heavy atom. The van der Waals surface area contributed by atoms with Crippen LogP contribution in [-0.2, 0) is 14.6 Å². The second-order valence-corrected chi connectivity index (χ2v) is 9.37. The fraction of sp³-hybridized carbons (Fsp3) is 1.00. The summed E-state index contributed by atoms with van der Waals surface area (Å²) < 4.78 is 30.1. The van der Waals surface area contributed by atoms with Gasteiger partial charge in [-0.05, 0) is 45.1 Å². The molecule has 1 N–H and O–H groups in total. The summed E-state index contributed by atoms with van der Waals surface area (Å²) in [6.07, 6.45) is 9.46. The minimum atomic E-state index is -3.02. The zero-order valence-electron chi connectivity index (χ0n) is 13.7. The minimum absolute atomic E-state index is 0.0338. The molecule has 0 amide bonds. The van der Waals surface area contributed by atoms with E-state index in [2.05, 4.69) is 12.2 Å². The summed E-state index contributed by atoms with van der Waals surface area (Å²) in [5.41, 5.74) is 0.0338. The number of hydrogen-bond acceptors (Lipinski definition) is 4. The van der Waals surface area contributed by atoms with Gasteiger partial charge >= 0.3 is 0 Å². The maximum absolute atomic E-state index is 12.0. The van der Waals surface area contributed by atoms with Gasteiger partial charge in [0.1, 0.15) is 0 Å². The Hall–Kier alpha value is -0.130. The van der Waals surface area contributed by atoms with Crippen molar-refractivity contribution >= 4 is 9.84 Å². The fourth-order valence-electron chi connectivity index (χ4n) is 4.13. The molecule has 124 valence electrons. The van der Waals surface area contributed by atoms with Gasteiger partial charge in [-0.2, -0.15) is 0 Å². The van der Waals surface area contributed by atoms with Gasteiger partial charge in [0.05, 0.1) is 10.9 Å².